The number of carbonyl (C=O) groups is 1. The Balaban J connectivity index is 1.40. The minimum atomic E-state index is -4.58. The lowest BCUT2D eigenvalue weighted by Crippen LogP contribution is -2.47. The van der Waals surface area contributed by atoms with E-state index in [0.717, 1.165) is 37.7 Å². The Hall–Kier alpha value is -3.24. The Morgan fingerprint density at radius 1 is 1.23 bits per heavy atom. The molecule has 7 nitrogen and oxygen atoms in total. The molecule has 1 amide bonds. The third-order valence-electron chi connectivity index (χ3n) is 8.73. The van der Waals surface area contributed by atoms with Crippen LogP contribution in [-0.4, -0.2) is 32.9 Å². The van der Waals surface area contributed by atoms with Gasteiger partial charge in [0.25, 0.3) is 12.2 Å². The summed E-state index contributed by atoms with van der Waals surface area (Å²) in [4.78, 5) is 15.3. The quantitative estimate of drug-likeness (QED) is 0.436. The second kappa shape index (κ2) is 9.45. The van der Waals surface area contributed by atoms with E-state index in [1.807, 2.05) is 19.2 Å². The number of fused-ring (bicyclic) bond motifs is 1. The number of halogens is 3. The second-order valence-corrected chi connectivity index (χ2v) is 11.6. The van der Waals surface area contributed by atoms with Crippen molar-refractivity contribution < 1.29 is 27.6 Å². The molecule has 0 radical (unpaired) electrons. The average Bonchev–Trinajstić information content (AvgIpc) is 3.42. The number of aliphatic hydroxyl groups is 1. The molecular weight excluding hydrogens is 507 g/mol. The molecule has 3 aliphatic rings. The Morgan fingerprint density at radius 3 is 2.62 bits per heavy atom. The van der Waals surface area contributed by atoms with Gasteiger partial charge >= 0.3 is 6.18 Å². The van der Waals surface area contributed by atoms with Crippen LogP contribution in [0.3, 0.4) is 0 Å². The summed E-state index contributed by atoms with van der Waals surface area (Å²) in [7, 11) is 1.84. The number of aliphatic hydroxyl groups excluding tert-OH is 1. The molecule has 0 atom stereocenters. The van der Waals surface area contributed by atoms with Crippen molar-refractivity contribution in [1.29, 1.82) is 0 Å². The molecule has 1 aliphatic heterocycles. The monoisotopic (exact) mass is 540 g/mol. The topological polar surface area (TPSA) is 74.3 Å². The Kier molecular flexibility index (Phi) is 6.30. The standard InChI is InChI=1S/C29H33F3N5O2/c1-28(7-4-8-28)33-13-18-11-22-23(24(12-18)29(30,31)32)14-36(27(22)39)25-6-3-5-21(20-9-19(10-20)15-38)26(25)37-17-35(2)16-34-37/h3,5-6,11-12,16-17,19-20,33,38H,4,7-10,13-15H2,1-2H3/q+1. The second-order valence-electron chi connectivity index (χ2n) is 11.6. The predicted molar refractivity (Wildman–Crippen MR) is 138 cm³/mol. The third-order valence-corrected chi connectivity index (χ3v) is 8.73. The van der Waals surface area contributed by atoms with Crippen LogP contribution in [0.2, 0.25) is 0 Å². The molecule has 206 valence electrons. The molecule has 39 heavy (non-hydrogen) atoms. The summed E-state index contributed by atoms with van der Waals surface area (Å²) >= 11 is 0. The fourth-order valence-corrected chi connectivity index (χ4v) is 6.19. The normalized spacial score (nSPS) is 22.0. The summed E-state index contributed by atoms with van der Waals surface area (Å²) in [6, 6.07) is 8.42. The van der Waals surface area contributed by atoms with Crippen molar-refractivity contribution in [2.75, 3.05) is 11.5 Å². The van der Waals surface area contributed by atoms with E-state index in [9.17, 15) is 23.1 Å². The van der Waals surface area contributed by atoms with Crippen molar-refractivity contribution in [3.8, 4) is 5.69 Å². The first-order valence-electron chi connectivity index (χ1n) is 13.5. The first-order valence-corrected chi connectivity index (χ1v) is 13.5. The van der Waals surface area contributed by atoms with Gasteiger partial charge in [0.2, 0.25) is 6.33 Å². The third kappa shape index (κ3) is 4.63. The lowest BCUT2D eigenvalue weighted by Gasteiger charge is -2.39. The summed E-state index contributed by atoms with van der Waals surface area (Å²) in [5.74, 6) is -0.0477. The predicted octanol–water partition coefficient (Wildman–Crippen LogP) is 4.39. The number of hydrogen-bond donors (Lipinski definition) is 2. The van der Waals surface area contributed by atoms with E-state index in [4.69, 9.17) is 0 Å². The van der Waals surface area contributed by atoms with Gasteiger partial charge in [-0.25, -0.2) is 4.57 Å². The number of hydrogen-bond acceptors (Lipinski definition) is 4. The molecule has 2 aromatic carbocycles. The molecule has 1 aromatic heterocycles. The number of benzene rings is 2. The maximum atomic E-state index is 14.3. The molecule has 0 bridgehead atoms. The molecule has 3 aromatic rings. The average molecular weight is 541 g/mol. The van der Waals surface area contributed by atoms with Crippen LogP contribution in [-0.2, 0) is 26.3 Å². The summed E-state index contributed by atoms with van der Waals surface area (Å²) in [6.07, 6.45) is 3.53. The van der Waals surface area contributed by atoms with Crippen molar-refractivity contribution in [1.82, 2.24) is 15.1 Å². The molecule has 10 heteroatoms. The number of amides is 1. The summed E-state index contributed by atoms with van der Waals surface area (Å²) in [5.41, 5.74) is 1.94. The van der Waals surface area contributed by atoms with Crippen LogP contribution >= 0.6 is 0 Å². The Bertz CT molecular complexity index is 1420. The highest BCUT2D eigenvalue weighted by molar-refractivity contribution is 6.11. The van der Waals surface area contributed by atoms with Crippen molar-refractivity contribution >= 4 is 11.6 Å². The maximum absolute atomic E-state index is 14.3. The Morgan fingerprint density at radius 2 is 2.00 bits per heavy atom. The minimum Gasteiger partial charge on any atom is -0.396 e. The van der Waals surface area contributed by atoms with E-state index >= 15 is 0 Å². The van der Waals surface area contributed by atoms with Gasteiger partial charge in [-0.05, 0) is 80.2 Å². The van der Waals surface area contributed by atoms with Gasteiger partial charge < -0.3 is 15.3 Å². The van der Waals surface area contributed by atoms with Gasteiger partial charge in [0.1, 0.15) is 0 Å². The molecule has 0 spiro atoms. The van der Waals surface area contributed by atoms with E-state index in [1.165, 1.54) is 11.0 Å². The lowest BCUT2D eigenvalue weighted by atomic mass is 9.71. The van der Waals surface area contributed by atoms with E-state index in [-0.39, 0.29) is 48.2 Å². The van der Waals surface area contributed by atoms with Gasteiger partial charge in [-0.1, -0.05) is 16.8 Å². The summed E-state index contributed by atoms with van der Waals surface area (Å²) in [5, 5.41) is 17.4. The molecule has 0 unspecified atom stereocenters. The van der Waals surface area contributed by atoms with Gasteiger partial charge in [-0.3, -0.25) is 4.79 Å². The zero-order valence-corrected chi connectivity index (χ0v) is 22.1. The van der Waals surface area contributed by atoms with Crippen molar-refractivity contribution in [3.05, 3.63) is 70.8 Å². The van der Waals surface area contributed by atoms with Gasteiger partial charge in [-0.2, -0.15) is 13.2 Å². The van der Waals surface area contributed by atoms with Crippen LogP contribution in [0.1, 0.15) is 77.6 Å². The highest BCUT2D eigenvalue weighted by Gasteiger charge is 2.42. The van der Waals surface area contributed by atoms with Crippen LogP contribution in [0.4, 0.5) is 18.9 Å². The van der Waals surface area contributed by atoms with E-state index in [1.54, 1.807) is 34.0 Å². The number of anilines is 1. The van der Waals surface area contributed by atoms with E-state index in [2.05, 4.69) is 17.3 Å². The number of aromatic nitrogens is 3. The molecule has 2 N–H and O–H groups in total. The molecule has 6 rings (SSSR count). The van der Waals surface area contributed by atoms with Crippen LogP contribution in [0.25, 0.3) is 5.69 Å². The number of carbonyl (C=O) groups excluding carboxylic acids is 1. The van der Waals surface area contributed by atoms with Crippen LogP contribution in [0.15, 0.2) is 43.0 Å². The van der Waals surface area contributed by atoms with Crippen LogP contribution in [0.5, 0.6) is 0 Å². The van der Waals surface area contributed by atoms with Crippen LogP contribution in [0, 0.1) is 5.92 Å². The van der Waals surface area contributed by atoms with Crippen molar-refractivity contribution in [2.45, 2.75) is 69.8 Å². The van der Waals surface area contributed by atoms with E-state index in [0.29, 0.717) is 16.9 Å². The number of nitrogens with one attached hydrogen (secondary N) is 1. The smallest absolute Gasteiger partial charge is 0.396 e. The molecule has 2 saturated carbocycles. The molecule has 2 aliphatic carbocycles. The molecule has 2 fully saturated rings. The minimum absolute atomic E-state index is 0.0115. The fraction of sp³-hybridized carbons (Fsp3) is 0.483. The fourth-order valence-electron chi connectivity index (χ4n) is 6.19. The number of rotatable bonds is 7. The van der Waals surface area contributed by atoms with Gasteiger partial charge in [-0.15, -0.1) is 0 Å². The van der Waals surface area contributed by atoms with E-state index < -0.39 is 17.6 Å². The Labute approximate surface area is 225 Å². The zero-order chi connectivity index (χ0) is 27.5. The number of para-hydroxylation sites is 1. The zero-order valence-electron chi connectivity index (χ0n) is 22.1. The number of aryl methyl sites for hydroxylation is 1. The van der Waals surface area contributed by atoms with Crippen molar-refractivity contribution in [2.24, 2.45) is 13.0 Å². The number of alkyl halides is 3. The SMILES string of the molecule is C[n+]1cnn(-c2c(C3CC(CO)C3)cccc2N2Cc3c(cc(CNC4(C)CCC4)cc3C(F)(F)F)C2=O)c1. The largest absolute Gasteiger partial charge is 0.416 e. The number of nitrogens with zero attached hydrogens (tertiary/aromatic N) is 4. The molecule has 0 saturated heterocycles. The van der Waals surface area contributed by atoms with Gasteiger partial charge in [0.15, 0.2) is 5.69 Å². The summed E-state index contributed by atoms with van der Waals surface area (Å²) in [6.45, 7) is 2.31. The first kappa shape index (κ1) is 26.0. The first-order chi connectivity index (χ1) is 18.6. The maximum Gasteiger partial charge on any atom is 0.416 e. The molecular formula is C29H33F3N5O2+. The lowest BCUT2D eigenvalue weighted by molar-refractivity contribution is -0.672. The highest BCUT2D eigenvalue weighted by Crippen LogP contribution is 2.47. The van der Waals surface area contributed by atoms with Crippen molar-refractivity contribution in [3.63, 3.8) is 0 Å². The highest BCUT2D eigenvalue weighted by atomic mass is 19.4. The van der Waals surface area contributed by atoms with Gasteiger partial charge in [0, 0.05) is 34.9 Å². The van der Waals surface area contributed by atoms with Gasteiger partial charge in [0.05, 0.1) is 24.8 Å². The molecule has 2 heterocycles. The van der Waals surface area contributed by atoms with Crippen LogP contribution < -0.4 is 14.8 Å². The summed E-state index contributed by atoms with van der Waals surface area (Å²) < 4.78 is 46.3.